The third-order valence-electron chi connectivity index (χ3n) is 13.4. The second-order valence-electron chi connectivity index (χ2n) is 16.4. The number of rotatable bonds is 5. The van der Waals surface area contributed by atoms with E-state index in [4.69, 9.17) is 0 Å². The van der Waals surface area contributed by atoms with Crippen LogP contribution in [0.15, 0.2) is 231 Å². The summed E-state index contributed by atoms with van der Waals surface area (Å²) in [6.07, 6.45) is 0. The highest BCUT2D eigenvalue weighted by molar-refractivity contribution is 6.09. The zero-order valence-electron chi connectivity index (χ0n) is 33.3. The highest BCUT2D eigenvalue weighted by atomic mass is 15.1. The van der Waals surface area contributed by atoms with E-state index in [0.717, 1.165) is 22.7 Å². The van der Waals surface area contributed by atoms with Gasteiger partial charge in [0.2, 0.25) is 0 Å². The molecule has 0 saturated heterocycles. The van der Waals surface area contributed by atoms with Crippen LogP contribution in [0.4, 0.5) is 17.1 Å². The lowest BCUT2D eigenvalue weighted by molar-refractivity contribution is 0.793. The molecule has 0 amide bonds. The highest BCUT2D eigenvalue weighted by Gasteiger charge is 2.51. The third kappa shape index (κ3) is 4.79. The molecule has 10 aromatic carbocycles. The van der Waals surface area contributed by atoms with Gasteiger partial charge < -0.3 is 9.47 Å². The lowest BCUT2D eigenvalue weighted by Gasteiger charge is -2.32. The molecule has 0 fully saturated rings. The molecule has 1 spiro atoms. The van der Waals surface area contributed by atoms with E-state index in [1.165, 1.54) is 88.2 Å². The minimum absolute atomic E-state index is 0.422. The fourth-order valence-corrected chi connectivity index (χ4v) is 10.9. The van der Waals surface area contributed by atoms with Crippen LogP contribution in [-0.2, 0) is 5.41 Å². The number of nitrogens with zero attached hydrogens (tertiary/aromatic N) is 2. The zero-order chi connectivity index (χ0) is 40.1. The van der Waals surface area contributed by atoms with Gasteiger partial charge in [-0.2, -0.15) is 0 Å². The van der Waals surface area contributed by atoms with E-state index in [-0.39, 0.29) is 0 Å². The molecule has 0 bridgehead atoms. The first-order chi connectivity index (χ1) is 30.3. The lowest BCUT2D eigenvalue weighted by Crippen LogP contribution is -2.26. The van der Waals surface area contributed by atoms with E-state index in [9.17, 15) is 0 Å². The van der Waals surface area contributed by atoms with Crippen LogP contribution >= 0.6 is 0 Å². The number of benzene rings is 10. The molecular weight excluding hydrogens is 737 g/mol. The molecule has 2 aliphatic carbocycles. The zero-order valence-corrected chi connectivity index (χ0v) is 33.3. The van der Waals surface area contributed by atoms with Crippen molar-refractivity contribution in [1.29, 1.82) is 0 Å². The molecule has 2 aliphatic rings. The van der Waals surface area contributed by atoms with Gasteiger partial charge >= 0.3 is 0 Å². The van der Waals surface area contributed by atoms with Crippen molar-refractivity contribution >= 4 is 49.6 Å². The Morgan fingerprint density at radius 1 is 0.328 bits per heavy atom. The van der Waals surface area contributed by atoms with Gasteiger partial charge in [-0.3, -0.25) is 0 Å². The van der Waals surface area contributed by atoms with Crippen LogP contribution in [0, 0.1) is 0 Å². The van der Waals surface area contributed by atoms with Gasteiger partial charge in [0.25, 0.3) is 0 Å². The van der Waals surface area contributed by atoms with E-state index in [1.807, 2.05) is 0 Å². The maximum atomic E-state index is 2.48. The van der Waals surface area contributed by atoms with Gasteiger partial charge in [-0.1, -0.05) is 176 Å². The Morgan fingerprint density at radius 2 is 0.787 bits per heavy atom. The summed E-state index contributed by atoms with van der Waals surface area (Å²) in [5, 5.41) is 4.97. The van der Waals surface area contributed by atoms with E-state index in [2.05, 4.69) is 240 Å². The first kappa shape index (κ1) is 34.0. The fraction of sp³-hybridized carbons (Fsp3) is 0.0169. The molecule has 0 aliphatic heterocycles. The van der Waals surface area contributed by atoms with E-state index >= 15 is 0 Å². The molecule has 284 valence electrons. The summed E-state index contributed by atoms with van der Waals surface area (Å²) in [6, 6.07) is 85.2. The number of anilines is 3. The average Bonchev–Trinajstić information content (AvgIpc) is 3.94. The van der Waals surface area contributed by atoms with Crippen molar-refractivity contribution in [2.24, 2.45) is 0 Å². The lowest BCUT2D eigenvalue weighted by atomic mass is 9.70. The van der Waals surface area contributed by atoms with E-state index < -0.39 is 5.41 Å². The van der Waals surface area contributed by atoms with Gasteiger partial charge in [0.15, 0.2) is 0 Å². The van der Waals surface area contributed by atoms with E-state index in [1.54, 1.807) is 0 Å². The van der Waals surface area contributed by atoms with Crippen molar-refractivity contribution in [2.75, 3.05) is 4.90 Å². The van der Waals surface area contributed by atoms with Crippen molar-refractivity contribution in [1.82, 2.24) is 4.57 Å². The quantitative estimate of drug-likeness (QED) is 0.169. The molecule has 0 N–H and O–H groups in total. The molecule has 13 rings (SSSR count). The summed E-state index contributed by atoms with van der Waals surface area (Å²) in [6.45, 7) is 0. The Labute approximate surface area is 354 Å². The number of hydrogen-bond acceptors (Lipinski definition) is 1. The fourth-order valence-electron chi connectivity index (χ4n) is 10.9. The second-order valence-corrected chi connectivity index (χ2v) is 16.4. The largest absolute Gasteiger partial charge is 0.310 e. The summed E-state index contributed by atoms with van der Waals surface area (Å²) in [5.41, 5.74) is 19.5. The highest BCUT2D eigenvalue weighted by Crippen LogP contribution is 2.63. The maximum absolute atomic E-state index is 2.48. The van der Waals surface area contributed by atoms with Crippen LogP contribution in [0.5, 0.6) is 0 Å². The van der Waals surface area contributed by atoms with Crippen LogP contribution < -0.4 is 4.90 Å². The smallest absolute Gasteiger partial charge is 0.0726 e. The standard InChI is InChI=1S/C59H38N2/c1-2-16-45-41(14-1)15-13-27-56(45)60(42-32-28-39(29-33-42)40-30-34-43(35-31-40)61-57-25-11-6-20-50(57)51-21-7-12-26-58(51)61)44-36-37-49-48-19-5-10-24-54(48)59(55(49)38-44)52-22-8-3-17-46(52)47-18-4-9-23-53(47)59/h1-38H. The maximum Gasteiger partial charge on any atom is 0.0726 e. The second kappa shape index (κ2) is 13.0. The first-order valence-electron chi connectivity index (χ1n) is 21.2. The Bertz CT molecular complexity index is 3410. The van der Waals surface area contributed by atoms with Gasteiger partial charge in [0.1, 0.15) is 0 Å². The Balaban J connectivity index is 0.958. The third-order valence-corrected chi connectivity index (χ3v) is 13.4. The molecule has 0 radical (unpaired) electrons. The molecule has 1 heterocycles. The minimum Gasteiger partial charge on any atom is -0.310 e. The van der Waals surface area contributed by atoms with Crippen molar-refractivity contribution in [2.45, 2.75) is 5.41 Å². The topological polar surface area (TPSA) is 8.17 Å². The summed E-state index contributed by atoms with van der Waals surface area (Å²) in [7, 11) is 0. The van der Waals surface area contributed by atoms with Gasteiger partial charge in [-0.15, -0.1) is 0 Å². The molecule has 0 saturated carbocycles. The summed E-state index contributed by atoms with van der Waals surface area (Å²) >= 11 is 0. The van der Waals surface area contributed by atoms with Gasteiger partial charge in [0.05, 0.1) is 22.1 Å². The molecule has 61 heavy (non-hydrogen) atoms. The first-order valence-corrected chi connectivity index (χ1v) is 21.2. The number of para-hydroxylation sites is 2. The van der Waals surface area contributed by atoms with Crippen LogP contribution in [-0.4, -0.2) is 4.57 Å². The number of fused-ring (bicyclic) bond motifs is 14. The predicted octanol–water partition coefficient (Wildman–Crippen LogP) is 15.4. The summed E-state index contributed by atoms with van der Waals surface area (Å²) < 4.78 is 2.38. The van der Waals surface area contributed by atoms with Crippen molar-refractivity contribution in [3.05, 3.63) is 253 Å². The van der Waals surface area contributed by atoms with Crippen LogP contribution in [0.2, 0.25) is 0 Å². The van der Waals surface area contributed by atoms with Crippen molar-refractivity contribution < 1.29 is 0 Å². The van der Waals surface area contributed by atoms with Crippen LogP contribution in [0.25, 0.3) is 71.6 Å². The molecule has 0 unspecified atom stereocenters. The SMILES string of the molecule is c1ccc2c(c1)-c1ccccc1C21c2ccccc2-c2ccc(N(c3ccc(-c4ccc(-n5c6ccccc6c6ccccc65)cc4)cc3)c3cccc4ccccc34)cc21. The van der Waals surface area contributed by atoms with Gasteiger partial charge in [-0.25, -0.2) is 0 Å². The molecule has 2 heteroatoms. The van der Waals surface area contributed by atoms with Crippen molar-refractivity contribution in [3.63, 3.8) is 0 Å². The van der Waals surface area contributed by atoms with Crippen molar-refractivity contribution in [3.8, 4) is 39.1 Å². The molecule has 0 atom stereocenters. The minimum atomic E-state index is -0.422. The Hall–Kier alpha value is -7.94. The van der Waals surface area contributed by atoms with E-state index in [0.29, 0.717) is 0 Å². The van der Waals surface area contributed by atoms with Crippen LogP contribution in [0.3, 0.4) is 0 Å². The number of aromatic nitrogens is 1. The normalized spacial score (nSPS) is 13.0. The monoisotopic (exact) mass is 774 g/mol. The molecule has 2 nitrogen and oxygen atoms in total. The summed E-state index contributed by atoms with van der Waals surface area (Å²) in [4.78, 5) is 2.46. The predicted molar refractivity (Wildman–Crippen MR) is 255 cm³/mol. The van der Waals surface area contributed by atoms with Gasteiger partial charge in [-0.05, 0) is 116 Å². The Kier molecular flexibility index (Phi) is 7.26. The van der Waals surface area contributed by atoms with Crippen LogP contribution in [0.1, 0.15) is 22.3 Å². The molecule has 11 aromatic rings. The Morgan fingerprint density at radius 3 is 1.39 bits per heavy atom. The molecular formula is C59H38N2. The summed E-state index contributed by atoms with van der Waals surface area (Å²) in [5.74, 6) is 0. The van der Waals surface area contributed by atoms with Gasteiger partial charge in [0, 0.05) is 33.2 Å². The molecule has 1 aromatic heterocycles. The average molecular weight is 775 g/mol. The number of hydrogen-bond donors (Lipinski definition) is 0.